The van der Waals surface area contributed by atoms with E-state index in [1.807, 2.05) is 31.2 Å². The Morgan fingerprint density at radius 2 is 1.53 bits per heavy atom. The molecule has 152 valence electrons. The molecule has 3 aliphatic rings. The number of esters is 1. The number of rotatable bonds is 3. The normalized spacial score (nSPS) is 25.9. The summed E-state index contributed by atoms with van der Waals surface area (Å²) in [6.07, 6.45) is 0.0327. The van der Waals surface area contributed by atoms with Gasteiger partial charge in [0.1, 0.15) is 11.2 Å². The highest BCUT2D eigenvalue weighted by Gasteiger charge is 2.62. The molecule has 3 aliphatic carbocycles. The van der Waals surface area contributed by atoms with E-state index in [4.69, 9.17) is 9.47 Å². The number of carbonyl (C=O) groups excluding carboxylic acids is 1. The first-order valence-electron chi connectivity index (χ1n) is 9.90. The Morgan fingerprint density at radius 1 is 0.900 bits per heavy atom. The minimum absolute atomic E-state index is 0.0327. The third-order valence-electron chi connectivity index (χ3n) is 6.38. The average molecular weight is 402 g/mol. The lowest BCUT2D eigenvalue weighted by Crippen LogP contribution is -2.57. The lowest BCUT2D eigenvalue weighted by atomic mass is 9.54. The van der Waals surface area contributed by atoms with Crippen LogP contribution in [0.25, 0.3) is 0 Å². The molecule has 0 saturated heterocycles. The van der Waals surface area contributed by atoms with Crippen molar-refractivity contribution in [1.29, 1.82) is 0 Å². The summed E-state index contributed by atoms with van der Waals surface area (Å²) in [6.45, 7) is 1.94. The maximum Gasteiger partial charge on any atom is 0.318 e. The molecule has 3 unspecified atom stereocenters. The van der Waals surface area contributed by atoms with E-state index < -0.39 is 23.1 Å². The molecule has 0 heterocycles. The number of benzene rings is 3. The third kappa shape index (κ3) is 2.39. The van der Waals surface area contributed by atoms with Gasteiger partial charge >= 0.3 is 5.97 Å². The van der Waals surface area contributed by atoms with Gasteiger partial charge in [-0.05, 0) is 41.3 Å². The monoisotopic (exact) mass is 402 g/mol. The first-order chi connectivity index (χ1) is 14.4. The molecule has 0 fully saturated rings. The molecule has 0 spiro atoms. The van der Waals surface area contributed by atoms with Gasteiger partial charge in [-0.2, -0.15) is 0 Å². The van der Waals surface area contributed by atoms with Crippen LogP contribution in [0.2, 0.25) is 0 Å². The maximum absolute atomic E-state index is 13.3. The molecule has 0 amide bonds. The Balaban J connectivity index is 1.66. The summed E-state index contributed by atoms with van der Waals surface area (Å²) in [5, 5.41) is 23.8. The second-order valence-corrected chi connectivity index (χ2v) is 8.05. The number of para-hydroxylation sites is 2. The van der Waals surface area contributed by atoms with Crippen LogP contribution >= 0.6 is 0 Å². The Kier molecular flexibility index (Phi) is 4.04. The van der Waals surface area contributed by atoms with Crippen molar-refractivity contribution in [3.05, 3.63) is 94.5 Å². The van der Waals surface area contributed by atoms with Crippen molar-refractivity contribution < 1.29 is 24.5 Å². The lowest BCUT2D eigenvalue weighted by Gasteiger charge is -2.53. The van der Waals surface area contributed by atoms with Crippen molar-refractivity contribution in [2.75, 3.05) is 7.11 Å². The summed E-state index contributed by atoms with van der Waals surface area (Å²) in [5.41, 5.74) is 0.358. The van der Waals surface area contributed by atoms with Crippen molar-refractivity contribution in [2.45, 2.75) is 24.5 Å². The Bertz CT molecular complexity index is 1170. The van der Waals surface area contributed by atoms with Gasteiger partial charge < -0.3 is 19.7 Å². The van der Waals surface area contributed by atoms with E-state index >= 15 is 0 Å². The predicted molar refractivity (Wildman–Crippen MR) is 110 cm³/mol. The number of carbonyl (C=O) groups is 1. The van der Waals surface area contributed by atoms with Crippen LogP contribution < -0.4 is 9.47 Å². The Labute approximate surface area is 174 Å². The molecule has 0 aromatic heterocycles. The summed E-state index contributed by atoms with van der Waals surface area (Å²) in [4.78, 5) is 13.3. The molecule has 5 nitrogen and oxygen atoms in total. The second kappa shape index (κ2) is 6.42. The highest BCUT2D eigenvalue weighted by atomic mass is 16.6. The summed E-state index contributed by atoms with van der Waals surface area (Å²) in [6, 6.07) is 19.7. The van der Waals surface area contributed by atoms with E-state index in [0.29, 0.717) is 28.0 Å². The van der Waals surface area contributed by atoms with Crippen molar-refractivity contribution >= 4 is 5.97 Å². The zero-order chi connectivity index (χ0) is 21.1. The molecular formula is C25H22O5. The molecule has 3 atom stereocenters. The zero-order valence-corrected chi connectivity index (χ0v) is 16.8. The highest BCUT2D eigenvalue weighted by Crippen LogP contribution is 2.60. The van der Waals surface area contributed by atoms with Crippen LogP contribution in [0.5, 0.6) is 11.5 Å². The quantitative estimate of drug-likeness (QED) is 0.519. The fourth-order valence-corrected chi connectivity index (χ4v) is 4.97. The van der Waals surface area contributed by atoms with Gasteiger partial charge in [-0.25, -0.2) is 0 Å². The average Bonchev–Trinajstić information content (AvgIpc) is 2.76. The summed E-state index contributed by atoms with van der Waals surface area (Å²) in [7, 11) is 1.50. The Morgan fingerprint density at radius 3 is 2.27 bits per heavy atom. The largest absolute Gasteiger partial charge is 0.493 e. The molecule has 30 heavy (non-hydrogen) atoms. The smallest absolute Gasteiger partial charge is 0.318 e. The maximum atomic E-state index is 13.3. The molecular weight excluding hydrogens is 380 g/mol. The van der Waals surface area contributed by atoms with E-state index in [2.05, 4.69) is 0 Å². The van der Waals surface area contributed by atoms with Gasteiger partial charge in [-0.15, -0.1) is 0 Å². The number of aryl methyl sites for hydroxylation is 1. The first-order valence-corrected chi connectivity index (χ1v) is 9.90. The number of hydrogen-bond donors (Lipinski definition) is 2. The molecule has 5 heteroatoms. The lowest BCUT2D eigenvalue weighted by molar-refractivity contribution is -0.157. The third-order valence-corrected chi connectivity index (χ3v) is 6.38. The molecule has 3 aromatic rings. The van der Waals surface area contributed by atoms with E-state index in [-0.39, 0.29) is 12.2 Å². The van der Waals surface area contributed by atoms with Crippen LogP contribution in [0.1, 0.15) is 34.2 Å². The SMILES string of the molecule is COc1ccccc1OC(=O)C1CC2(O)c3ccccc3C1(O)c1ccc(C)cc12. The van der Waals surface area contributed by atoms with E-state index in [9.17, 15) is 15.0 Å². The van der Waals surface area contributed by atoms with E-state index in [1.54, 1.807) is 42.5 Å². The molecule has 2 bridgehead atoms. The van der Waals surface area contributed by atoms with Crippen LogP contribution in [0, 0.1) is 12.8 Å². The minimum atomic E-state index is -1.59. The number of hydrogen-bond acceptors (Lipinski definition) is 5. The number of fused-ring (bicyclic) bond motifs is 1. The van der Waals surface area contributed by atoms with Gasteiger partial charge in [-0.1, -0.05) is 60.2 Å². The van der Waals surface area contributed by atoms with Crippen LogP contribution in [0.3, 0.4) is 0 Å². The fourth-order valence-electron chi connectivity index (χ4n) is 4.97. The van der Waals surface area contributed by atoms with Gasteiger partial charge in [0.25, 0.3) is 0 Å². The van der Waals surface area contributed by atoms with Gasteiger partial charge in [-0.3, -0.25) is 4.79 Å². The zero-order valence-electron chi connectivity index (χ0n) is 16.8. The molecule has 0 radical (unpaired) electrons. The van der Waals surface area contributed by atoms with Crippen LogP contribution in [0.15, 0.2) is 66.7 Å². The second-order valence-electron chi connectivity index (χ2n) is 8.05. The van der Waals surface area contributed by atoms with Gasteiger partial charge in [0, 0.05) is 6.42 Å². The summed E-state index contributed by atoms with van der Waals surface area (Å²) >= 11 is 0. The van der Waals surface area contributed by atoms with Crippen LogP contribution in [-0.2, 0) is 16.0 Å². The first kappa shape index (κ1) is 18.9. The summed E-state index contributed by atoms with van der Waals surface area (Å²) in [5.74, 6) is -0.882. The number of ether oxygens (including phenoxy) is 2. The standard InChI is InChI=1S/C25H22O5/c1-15-11-12-18-19(13-15)24(27)14-20(25(18,28)17-8-4-3-7-16(17)24)23(26)30-22-10-6-5-9-21(22)29-2/h3-13,20,27-28H,14H2,1-2H3. The minimum Gasteiger partial charge on any atom is -0.493 e. The molecule has 3 aromatic carbocycles. The topological polar surface area (TPSA) is 76.0 Å². The highest BCUT2D eigenvalue weighted by molar-refractivity contribution is 5.81. The molecule has 6 rings (SSSR count). The molecule has 0 aliphatic heterocycles. The van der Waals surface area contributed by atoms with E-state index in [1.165, 1.54) is 7.11 Å². The van der Waals surface area contributed by atoms with Gasteiger partial charge in [0.2, 0.25) is 0 Å². The van der Waals surface area contributed by atoms with E-state index in [0.717, 1.165) is 5.56 Å². The predicted octanol–water partition coefficient (Wildman–Crippen LogP) is 3.41. The van der Waals surface area contributed by atoms with Crippen molar-refractivity contribution in [1.82, 2.24) is 0 Å². The van der Waals surface area contributed by atoms with Crippen molar-refractivity contribution in [3.63, 3.8) is 0 Å². The number of methoxy groups -OCH3 is 1. The van der Waals surface area contributed by atoms with Crippen LogP contribution in [0.4, 0.5) is 0 Å². The molecule has 2 N–H and O–H groups in total. The Hall–Kier alpha value is -3.15. The van der Waals surface area contributed by atoms with Crippen molar-refractivity contribution in [3.8, 4) is 11.5 Å². The van der Waals surface area contributed by atoms with Crippen molar-refractivity contribution in [2.24, 2.45) is 5.92 Å². The fraction of sp³-hybridized carbons (Fsp3) is 0.240. The van der Waals surface area contributed by atoms with Gasteiger partial charge in [0.15, 0.2) is 11.5 Å². The van der Waals surface area contributed by atoms with Crippen LogP contribution in [-0.4, -0.2) is 23.3 Å². The summed E-state index contributed by atoms with van der Waals surface area (Å²) < 4.78 is 10.9. The van der Waals surface area contributed by atoms with Gasteiger partial charge in [0.05, 0.1) is 13.0 Å². The molecule has 0 saturated carbocycles. The number of aliphatic hydroxyl groups is 2.